The van der Waals surface area contributed by atoms with Crippen molar-refractivity contribution in [2.45, 2.75) is 0 Å². The van der Waals surface area contributed by atoms with Gasteiger partial charge in [0.05, 0.1) is 64.4 Å². The normalized spacial score (nSPS) is 10.8. The molecule has 8 rings (SSSR count). The van der Waals surface area contributed by atoms with E-state index in [-0.39, 0.29) is 0 Å². The molecule has 0 saturated carbocycles. The zero-order valence-electron chi connectivity index (χ0n) is 25.0. The van der Waals surface area contributed by atoms with E-state index in [1.165, 1.54) is 0 Å². The Morgan fingerprint density at radius 3 is 1.48 bits per heavy atom. The van der Waals surface area contributed by atoms with Crippen LogP contribution in [0.2, 0.25) is 0 Å². The summed E-state index contributed by atoms with van der Waals surface area (Å²) >= 11 is 0. The summed E-state index contributed by atoms with van der Waals surface area (Å²) in [4.78, 5) is 11.6. The van der Waals surface area contributed by atoms with E-state index >= 15 is 0 Å². The zero-order chi connectivity index (χ0) is 32.9. The third kappa shape index (κ3) is 4.08. The molecule has 0 unspecified atom stereocenters. The standard InChI is InChI=1S/C40H18N8/c1-44-28-5-9-32-30-7-3-24(21-41)15-36(30)47(39(32)18-28)35-20-34(26-11-13-46-14-12-26)38(17-27(35)23-43)48-37-16-25(22-42)4-8-31(37)33-10-6-29(45-2)19-40(33)48/h3-20H. The number of hydrogen-bond donors (Lipinski definition) is 0. The molecule has 0 N–H and O–H groups in total. The predicted molar refractivity (Wildman–Crippen MR) is 185 cm³/mol. The smallest absolute Gasteiger partial charge is 0.189 e. The van der Waals surface area contributed by atoms with Crippen LogP contribution in [0, 0.1) is 47.1 Å². The Balaban J connectivity index is 1.56. The summed E-state index contributed by atoms with van der Waals surface area (Å²) in [6.45, 7) is 15.4. The fraction of sp³-hybridized carbons (Fsp3) is 0. The maximum absolute atomic E-state index is 10.8. The number of fused-ring (bicyclic) bond motifs is 6. The van der Waals surface area contributed by atoms with Gasteiger partial charge in [-0.3, -0.25) is 4.98 Å². The summed E-state index contributed by atoms with van der Waals surface area (Å²) in [6, 6.07) is 36.4. The van der Waals surface area contributed by atoms with E-state index < -0.39 is 0 Å². The second-order valence-electron chi connectivity index (χ2n) is 11.2. The Morgan fingerprint density at radius 1 is 0.521 bits per heavy atom. The van der Waals surface area contributed by atoms with Crippen molar-refractivity contribution in [1.29, 1.82) is 15.8 Å². The Bertz CT molecular complexity index is 2750. The SMILES string of the molecule is [C-]#[N+]c1ccc2c3ccc(C#N)cc3n(-c3cc(-c4ccncc4)c(-n4c5cc(C#N)ccc5c5ccc([N+]#[C-])cc54)cc3C#N)c2c1. The third-order valence-electron chi connectivity index (χ3n) is 8.73. The monoisotopic (exact) mass is 610 g/mol. The minimum atomic E-state index is 0.352. The van der Waals surface area contributed by atoms with E-state index in [2.05, 4.69) is 32.9 Å². The first-order chi connectivity index (χ1) is 23.6. The van der Waals surface area contributed by atoms with Crippen LogP contribution in [0.25, 0.3) is 75.8 Å². The molecule has 0 aliphatic rings. The van der Waals surface area contributed by atoms with Crippen LogP contribution in [0.1, 0.15) is 16.7 Å². The number of nitrogens with zero attached hydrogens (tertiary/aromatic N) is 8. The topological polar surface area (TPSA) is 103 Å². The van der Waals surface area contributed by atoms with Crippen molar-refractivity contribution in [2.24, 2.45) is 0 Å². The molecule has 8 nitrogen and oxygen atoms in total. The lowest BCUT2D eigenvalue weighted by Gasteiger charge is -2.19. The van der Waals surface area contributed by atoms with Crippen molar-refractivity contribution in [2.75, 3.05) is 0 Å². The fourth-order valence-electron chi connectivity index (χ4n) is 6.61. The van der Waals surface area contributed by atoms with Gasteiger partial charge >= 0.3 is 0 Å². The van der Waals surface area contributed by atoms with Gasteiger partial charge in [-0.25, -0.2) is 9.69 Å². The highest BCUT2D eigenvalue weighted by molar-refractivity contribution is 6.12. The summed E-state index contributed by atoms with van der Waals surface area (Å²) in [5.74, 6) is 0. The lowest BCUT2D eigenvalue weighted by atomic mass is 10.00. The Hall–Kier alpha value is -7.70. The first-order valence-electron chi connectivity index (χ1n) is 14.8. The van der Waals surface area contributed by atoms with Crippen LogP contribution in [-0.4, -0.2) is 14.1 Å². The molecule has 0 aliphatic carbocycles. The van der Waals surface area contributed by atoms with E-state index in [1.807, 2.05) is 69.8 Å². The average molecular weight is 611 g/mol. The van der Waals surface area contributed by atoms with Crippen molar-refractivity contribution in [3.8, 4) is 40.7 Å². The molecule has 0 amide bonds. The van der Waals surface area contributed by atoms with Gasteiger partial charge in [-0.1, -0.05) is 36.4 Å². The molecule has 0 aliphatic heterocycles. The Labute approximate surface area is 274 Å². The van der Waals surface area contributed by atoms with Gasteiger partial charge in [0.2, 0.25) is 0 Å². The molecule has 0 saturated heterocycles. The lowest BCUT2D eigenvalue weighted by molar-refractivity contribution is 1.13. The molecular weight excluding hydrogens is 592 g/mol. The van der Waals surface area contributed by atoms with Gasteiger partial charge in [0.25, 0.3) is 0 Å². The number of pyridine rings is 1. The van der Waals surface area contributed by atoms with Crippen LogP contribution < -0.4 is 0 Å². The zero-order valence-corrected chi connectivity index (χ0v) is 25.0. The summed E-state index contributed by atoms with van der Waals surface area (Å²) in [5, 5.41) is 34.0. The highest BCUT2D eigenvalue weighted by Crippen LogP contribution is 2.42. The maximum Gasteiger partial charge on any atom is 0.189 e. The molecule has 0 radical (unpaired) electrons. The molecule has 0 fully saturated rings. The van der Waals surface area contributed by atoms with Crippen LogP contribution >= 0.6 is 0 Å². The van der Waals surface area contributed by atoms with E-state index in [0.29, 0.717) is 39.4 Å². The molecule has 218 valence electrons. The lowest BCUT2D eigenvalue weighted by Crippen LogP contribution is -2.04. The van der Waals surface area contributed by atoms with Gasteiger partial charge in [-0.15, -0.1) is 0 Å². The molecule has 8 heteroatoms. The van der Waals surface area contributed by atoms with Gasteiger partial charge in [0.15, 0.2) is 11.4 Å². The van der Waals surface area contributed by atoms with Crippen molar-refractivity contribution >= 4 is 55.0 Å². The van der Waals surface area contributed by atoms with Crippen LogP contribution in [0.3, 0.4) is 0 Å². The number of hydrogen-bond acceptors (Lipinski definition) is 4. The van der Waals surface area contributed by atoms with Crippen LogP contribution in [0.15, 0.2) is 109 Å². The van der Waals surface area contributed by atoms with Gasteiger partial charge in [-0.2, -0.15) is 15.8 Å². The number of aromatic nitrogens is 3. The summed E-state index contributed by atoms with van der Waals surface area (Å²) < 4.78 is 3.96. The summed E-state index contributed by atoms with van der Waals surface area (Å²) in [5.41, 5.74) is 8.05. The molecule has 48 heavy (non-hydrogen) atoms. The molecule has 0 bridgehead atoms. The molecule has 5 aromatic carbocycles. The number of nitriles is 3. The molecule has 8 aromatic rings. The van der Waals surface area contributed by atoms with Gasteiger partial charge in [-0.05, 0) is 66.2 Å². The highest BCUT2D eigenvalue weighted by atomic mass is 15.0. The van der Waals surface area contributed by atoms with Crippen LogP contribution in [0.4, 0.5) is 11.4 Å². The van der Waals surface area contributed by atoms with E-state index in [1.54, 1.807) is 48.8 Å². The molecule has 3 aromatic heterocycles. The number of benzene rings is 5. The second-order valence-corrected chi connectivity index (χ2v) is 11.2. The van der Waals surface area contributed by atoms with Crippen molar-refractivity contribution in [1.82, 2.24) is 14.1 Å². The highest BCUT2D eigenvalue weighted by Gasteiger charge is 2.22. The molecule has 0 atom stereocenters. The van der Waals surface area contributed by atoms with Gasteiger partial charge < -0.3 is 9.13 Å². The van der Waals surface area contributed by atoms with Crippen molar-refractivity contribution in [3.05, 3.63) is 149 Å². The van der Waals surface area contributed by atoms with Gasteiger partial charge in [0, 0.05) is 50.5 Å². The van der Waals surface area contributed by atoms with Crippen LogP contribution in [0.5, 0.6) is 0 Å². The van der Waals surface area contributed by atoms with E-state index in [4.69, 9.17) is 13.1 Å². The van der Waals surface area contributed by atoms with E-state index in [0.717, 1.165) is 54.7 Å². The Morgan fingerprint density at radius 2 is 1.00 bits per heavy atom. The van der Waals surface area contributed by atoms with E-state index in [9.17, 15) is 15.8 Å². The van der Waals surface area contributed by atoms with Crippen molar-refractivity contribution in [3.63, 3.8) is 0 Å². The molecule has 3 heterocycles. The van der Waals surface area contributed by atoms with Crippen LogP contribution in [-0.2, 0) is 0 Å². The van der Waals surface area contributed by atoms with Crippen molar-refractivity contribution < 1.29 is 0 Å². The second kappa shape index (κ2) is 10.7. The summed E-state index contributed by atoms with van der Waals surface area (Å²) in [6.07, 6.45) is 3.41. The minimum Gasteiger partial charge on any atom is -0.310 e. The number of rotatable bonds is 3. The first kappa shape index (κ1) is 27.8. The Kier molecular flexibility index (Phi) is 6.22. The maximum atomic E-state index is 10.8. The molecule has 0 spiro atoms. The average Bonchev–Trinajstić information content (AvgIpc) is 3.65. The van der Waals surface area contributed by atoms with Gasteiger partial charge in [0.1, 0.15) is 6.07 Å². The molecular formula is C40H18N8. The largest absolute Gasteiger partial charge is 0.310 e. The quantitative estimate of drug-likeness (QED) is 0.186. The fourth-order valence-corrected chi connectivity index (χ4v) is 6.61. The summed E-state index contributed by atoms with van der Waals surface area (Å²) in [7, 11) is 0. The first-order valence-corrected chi connectivity index (χ1v) is 14.8. The third-order valence-corrected chi connectivity index (χ3v) is 8.73. The minimum absolute atomic E-state index is 0.352. The predicted octanol–water partition coefficient (Wildman–Crippen LogP) is 9.66.